The van der Waals surface area contributed by atoms with Crippen molar-refractivity contribution in [1.29, 1.82) is 0 Å². The van der Waals surface area contributed by atoms with Gasteiger partial charge in [-0.05, 0) is 25.3 Å². The molecule has 2 heterocycles. The van der Waals surface area contributed by atoms with Crippen LogP contribution in [-0.2, 0) is 9.53 Å². The number of hydrogen-bond donors (Lipinski definition) is 1. The summed E-state index contributed by atoms with van der Waals surface area (Å²) in [6.07, 6.45) is 2.88. The number of ether oxygens (including phenoxy) is 1. The molecule has 0 aromatic carbocycles. The van der Waals surface area contributed by atoms with Crippen LogP contribution in [0.3, 0.4) is 0 Å². The van der Waals surface area contributed by atoms with Gasteiger partial charge >= 0.3 is 0 Å². The van der Waals surface area contributed by atoms with Crippen LogP contribution in [0.4, 0.5) is 0 Å². The molecule has 110 valence electrons. The van der Waals surface area contributed by atoms with Gasteiger partial charge in [0.05, 0.1) is 12.5 Å². The third-order valence-corrected chi connectivity index (χ3v) is 4.12. The van der Waals surface area contributed by atoms with Gasteiger partial charge in [-0.1, -0.05) is 6.92 Å². The number of carbonyl (C=O) groups is 1. The second kappa shape index (κ2) is 7.22. The molecule has 2 atom stereocenters. The first-order chi connectivity index (χ1) is 9.19. The van der Waals surface area contributed by atoms with E-state index in [0.29, 0.717) is 12.3 Å². The summed E-state index contributed by atoms with van der Waals surface area (Å²) in [4.78, 5) is 16.5. The lowest BCUT2D eigenvalue weighted by molar-refractivity contribution is -0.135. The summed E-state index contributed by atoms with van der Waals surface area (Å²) in [6.45, 7) is 8.43. The third-order valence-electron chi connectivity index (χ3n) is 4.12. The Bertz CT molecular complexity index is 284. The lowest BCUT2D eigenvalue weighted by Gasteiger charge is -2.36. The van der Waals surface area contributed by atoms with Crippen molar-refractivity contribution in [3.8, 4) is 0 Å². The fraction of sp³-hybridized carbons (Fsp3) is 0.929. The van der Waals surface area contributed by atoms with Gasteiger partial charge in [0.1, 0.15) is 0 Å². The van der Waals surface area contributed by atoms with Gasteiger partial charge in [-0.15, -0.1) is 0 Å². The van der Waals surface area contributed by atoms with Crippen molar-refractivity contribution < 1.29 is 9.53 Å². The molecule has 2 N–H and O–H groups in total. The van der Waals surface area contributed by atoms with E-state index in [1.807, 2.05) is 4.90 Å². The zero-order chi connectivity index (χ0) is 13.7. The minimum atomic E-state index is 0.169. The molecule has 0 aliphatic carbocycles. The molecule has 2 aliphatic heterocycles. The van der Waals surface area contributed by atoms with E-state index in [4.69, 9.17) is 10.5 Å². The van der Waals surface area contributed by atoms with Crippen molar-refractivity contribution in [3.63, 3.8) is 0 Å². The molecule has 5 heteroatoms. The normalized spacial score (nSPS) is 26.6. The van der Waals surface area contributed by atoms with Crippen LogP contribution in [0, 0.1) is 5.92 Å². The maximum absolute atomic E-state index is 12.1. The van der Waals surface area contributed by atoms with Crippen molar-refractivity contribution in [2.24, 2.45) is 11.7 Å². The standard InChI is InChI=1S/C14H27N3O2/c1-12(10-15)11-16-4-6-17(7-5-16)14(18)9-13-3-2-8-19-13/h12-13H,2-11,15H2,1H3. The number of rotatable bonds is 5. The topological polar surface area (TPSA) is 58.8 Å². The van der Waals surface area contributed by atoms with Crippen LogP contribution in [0.1, 0.15) is 26.2 Å². The average molecular weight is 269 g/mol. The Morgan fingerprint density at radius 1 is 1.37 bits per heavy atom. The summed E-state index contributed by atoms with van der Waals surface area (Å²) in [5.74, 6) is 0.799. The van der Waals surface area contributed by atoms with Crippen molar-refractivity contribution in [1.82, 2.24) is 9.80 Å². The van der Waals surface area contributed by atoms with E-state index in [-0.39, 0.29) is 12.0 Å². The number of amides is 1. The highest BCUT2D eigenvalue weighted by atomic mass is 16.5. The number of carbonyl (C=O) groups excluding carboxylic acids is 1. The Kier molecular flexibility index (Phi) is 5.60. The zero-order valence-electron chi connectivity index (χ0n) is 12.0. The van der Waals surface area contributed by atoms with Crippen LogP contribution >= 0.6 is 0 Å². The van der Waals surface area contributed by atoms with Crippen LogP contribution in [0.25, 0.3) is 0 Å². The molecule has 0 bridgehead atoms. The van der Waals surface area contributed by atoms with Gasteiger partial charge < -0.3 is 15.4 Å². The third kappa shape index (κ3) is 4.44. The van der Waals surface area contributed by atoms with Gasteiger partial charge in [-0.3, -0.25) is 9.69 Å². The minimum Gasteiger partial charge on any atom is -0.378 e. The fourth-order valence-corrected chi connectivity index (χ4v) is 2.82. The Morgan fingerprint density at radius 2 is 2.11 bits per heavy atom. The molecule has 0 saturated carbocycles. The molecule has 19 heavy (non-hydrogen) atoms. The van der Waals surface area contributed by atoms with E-state index >= 15 is 0 Å². The van der Waals surface area contributed by atoms with E-state index < -0.39 is 0 Å². The van der Waals surface area contributed by atoms with Crippen LogP contribution in [-0.4, -0.2) is 67.7 Å². The molecular weight excluding hydrogens is 242 g/mol. The maximum atomic E-state index is 12.1. The van der Waals surface area contributed by atoms with Gasteiger partial charge in [-0.25, -0.2) is 0 Å². The molecule has 2 unspecified atom stereocenters. The second-order valence-electron chi connectivity index (χ2n) is 5.86. The Balaban J connectivity index is 1.68. The first-order valence-corrected chi connectivity index (χ1v) is 7.51. The monoisotopic (exact) mass is 269 g/mol. The lowest BCUT2D eigenvalue weighted by Crippen LogP contribution is -2.50. The second-order valence-corrected chi connectivity index (χ2v) is 5.86. The summed E-state index contributed by atoms with van der Waals surface area (Å²) in [5.41, 5.74) is 5.65. The summed E-state index contributed by atoms with van der Waals surface area (Å²) >= 11 is 0. The van der Waals surface area contributed by atoms with Crippen molar-refractivity contribution in [2.75, 3.05) is 45.9 Å². The number of hydrogen-bond acceptors (Lipinski definition) is 4. The molecule has 2 saturated heterocycles. The molecule has 2 rings (SSSR count). The first kappa shape index (κ1) is 14.8. The molecule has 5 nitrogen and oxygen atoms in total. The van der Waals surface area contributed by atoms with Crippen molar-refractivity contribution in [3.05, 3.63) is 0 Å². The Morgan fingerprint density at radius 3 is 2.68 bits per heavy atom. The smallest absolute Gasteiger partial charge is 0.225 e. The lowest BCUT2D eigenvalue weighted by atomic mass is 10.1. The predicted octanol–water partition coefficient (Wildman–Crippen LogP) is 0.295. The molecule has 0 radical (unpaired) electrons. The van der Waals surface area contributed by atoms with E-state index in [0.717, 1.165) is 58.7 Å². The average Bonchev–Trinajstić information content (AvgIpc) is 2.92. The summed E-state index contributed by atoms with van der Waals surface area (Å²) in [5, 5.41) is 0. The SMILES string of the molecule is CC(CN)CN1CCN(C(=O)CC2CCCO2)CC1. The van der Waals surface area contributed by atoms with Gasteiger partial charge in [0.15, 0.2) is 0 Å². The molecule has 2 aliphatic rings. The molecule has 1 amide bonds. The number of piperazine rings is 1. The van der Waals surface area contributed by atoms with Crippen LogP contribution in [0.2, 0.25) is 0 Å². The molecule has 0 aromatic heterocycles. The first-order valence-electron chi connectivity index (χ1n) is 7.51. The molecule has 0 aromatic rings. The summed E-state index contributed by atoms with van der Waals surface area (Å²) in [6, 6.07) is 0. The van der Waals surface area contributed by atoms with Gasteiger partial charge in [0.25, 0.3) is 0 Å². The molecule has 0 spiro atoms. The summed E-state index contributed by atoms with van der Waals surface area (Å²) < 4.78 is 5.53. The minimum absolute atomic E-state index is 0.169. The maximum Gasteiger partial charge on any atom is 0.225 e. The van der Waals surface area contributed by atoms with E-state index in [1.54, 1.807) is 0 Å². The highest BCUT2D eigenvalue weighted by Crippen LogP contribution is 2.17. The molecule has 2 fully saturated rings. The molecular formula is C14H27N3O2. The number of nitrogens with two attached hydrogens (primary N) is 1. The highest BCUT2D eigenvalue weighted by molar-refractivity contribution is 5.76. The number of nitrogens with zero attached hydrogens (tertiary/aromatic N) is 2. The van der Waals surface area contributed by atoms with E-state index in [1.165, 1.54) is 0 Å². The van der Waals surface area contributed by atoms with Crippen molar-refractivity contribution in [2.45, 2.75) is 32.3 Å². The quantitative estimate of drug-likeness (QED) is 0.779. The highest BCUT2D eigenvalue weighted by Gasteiger charge is 2.25. The van der Waals surface area contributed by atoms with E-state index in [9.17, 15) is 4.79 Å². The van der Waals surface area contributed by atoms with Gasteiger partial charge in [0.2, 0.25) is 5.91 Å². The predicted molar refractivity (Wildman–Crippen MR) is 74.8 cm³/mol. The zero-order valence-corrected chi connectivity index (χ0v) is 12.0. The Hall–Kier alpha value is -0.650. The van der Waals surface area contributed by atoms with Crippen molar-refractivity contribution >= 4 is 5.91 Å². The fourth-order valence-electron chi connectivity index (χ4n) is 2.82. The van der Waals surface area contributed by atoms with Gasteiger partial charge in [-0.2, -0.15) is 0 Å². The van der Waals surface area contributed by atoms with Crippen LogP contribution < -0.4 is 5.73 Å². The summed E-state index contributed by atoms with van der Waals surface area (Å²) in [7, 11) is 0. The Labute approximate surface area is 116 Å². The van der Waals surface area contributed by atoms with Crippen LogP contribution in [0.15, 0.2) is 0 Å². The van der Waals surface area contributed by atoms with E-state index in [2.05, 4.69) is 11.8 Å². The van der Waals surface area contributed by atoms with Crippen LogP contribution in [0.5, 0.6) is 0 Å². The van der Waals surface area contributed by atoms with Gasteiger partial charge in [0, 0.05) is 39.3 Å². The largest absolute Gasteiger partial charge is 0.378 e.